The van der Waals surface area contributed by atoms with Crippen LogP contribution in [0, 0.1) is 0 Å². The monoisotopic (exact) mass is 270 g/mol. The zero-order valence-electron chi connectivity index (χ0n) is 12.6. The number of hydrogen-bond acceptors (Lipinski definition) is 3. The molecule has 3 heteroatoms. The van der Waals surface area contributed by atoms with Crippen molar-refractivity contribution in [2.24, 2.45) is 0 Å². The summed E-state index contributed by atoms with van der Waals surface area (Å²) in [5.74, 6) is 1.44. The summed E-state index contributed by atoms with van der Waals surface area (Å²) in [5, 5.41) is 3.12. The fourth-order valence-electron chi connectivity index (χ4n) is 1.96. The largest absolute Gasteiger partial charge is 0.439 e. The lowest BCUT2D eigenvalue weighted by molar-refractivity contribution is 0.461. The highest BCUT2D eigenvalue weighted by Gasteiger charge is 2.13. The molecule has 2 rings (SSSR count). The summed E-state index contributed by atoms with van der Waals surface area (Å²) in [7, 11) is 1.92. The molecule has 0 aliphatic heterocycles. The van der Waals surface area contributed by atoms with Gasteiger partial charge in [0.2, 0.25) is 5.88 Å². The van der Waals surface area contributed by atoms with E-state index >= 15 is 0 Å². The maximum absolute atomic E-state index is 5.79. The molecule has 0 atom stereocenters. The molecule has 106 valence electrons. The number of pyridine rings is 1. The van der Waals surface area contributed by atoms with Gasteiger partial charge in [0.25, 0.3) is 0 Å². The lowest BCUT2D eigenvalue weighted by Crippen LogP contribution is -2.10. The van der Waals surface area contributed by atoms with Crippen LogP contribution in [-0.4, -0.2) is 12.0 Å². The minimum absolute atomic E-state index is 0.156. The molecule has 1 heterocycles. The van der Waals surface area contributed by atoms with E-state index in [4.69, 9.17) is 4.74 Å². The highest BCUT2D eigenvalue weighted by atomic mass is 16.5. The molecule has 0 aliphatic carbocycles. The molecule has 20 heavy (non-hydrogen) atoms. The Morgan fingerprint density at radius 1 is 1.10 bits per heavy atom. The van der Waals surface area contributed by atoms with Crippen LogP contribution >= 0.6 is 0 Å². The van der Waals surface area contributed by atoms with Gasteiger partial charge in [-0.05, 0) is 41.8 Å². The SMILES string of the molecule is CNCc1ccnc(Oc2ccc(C(C)(C)C)cc2)c1. The number of nitrogens with one attached hydrogen (secondary N) is 1. The van der Waals surface area contributed by atoms with Gasteiger partial charge >= 0.3 is 0 Å². The Morgan fingerprint density at radius 3 is 2.40 bits per heavy atom. The summed E-state index contributed by atoms with van der Waals surface area (Å²) in [5.41, 5.74) is 2.61. The molecule has 0 fully saturated rings. The van der Waals surface area contributed by atoms with E-state index < -0.39 is 0 Å². The number of aromatic nitrogens is 1. The van der Waals surface area contributed by atoms with Crippen LogP contribution in [0.4, 0.5) is 0 Å². The summed E-state index contributed by atoms with van der Waals surface area (Å²) in [4.78, 5) is 4.24. The Labute approximate surface area is 121 Å². The van der Waals surface area contributed by atoms with Crippen molar-refractivity contribution in [2.45, 2.75) is 32.7 Å². The standard InChI is InChI=1S/C17H22N2O/c1-17(2,3)14-5-7-15(8-6-14)20-16-11-13(12-18-4)9-10-19-16/h5-11,18H,12H2,1-4H3. The summed E-state index contributed by atoms with van der Waals surface area (Å²) in [6, 6.07) is 12.1. The van der Waals surface area contributed by atoms with E-state index in [1.54, 1.807) is 6.20 Å². The molecule has 0 bridgehead atoms. The number of ether oxygens (including phenoxy) is 1. The van der Waals surface area contributed by atoms with Gasteiger partial charge < -0.3 is 10.1 Å². The van der Waals surface area contributed by atoms with Gasteiger partial charge in [0, 0.05) is 18.8 Å². The quantitative estimate of drug-likeness (QED) is 0.915. The minimum atomic E-state index is 0.156. The van der Waals surface area contributed by atoms with E-state index in [-0.39, 0.29) is 5.41 Å². The fourth-order valence-corrected chi connectivity index (χ4v) is 1.96. The van der Waals surface area contributed by atoms with Crippen molar-refractivity contribution in [3.05, 3.63) is 53.7 Å². The number of hydrogen-bond donors (Lipinski definition) is 1. The van der Waals surface area contributed by atoms with Gasteiger partial charge in [-0.3, -0.25) is 0 Å². The minimum Gasteiger partial charge on any atom is -0.439 e. The topological polar surface area (TPSA) is 34.2 Å². The molecular weight excluding hydrogens is 248 g/mol. The average Bonchev–Trinajstić information content (AvgIpc) is 2.39. The van der Waals surface area contributed by atoms with Gasteiger partial charge in [-0.25, -0.2) is 4.98 Å². The predicted molar refractivity (Wildman–Crippen MR) is 82.2 cm³/mol. The highest BCUT2D eigenvalue weighted by Crippen LogP contribution is 2.26. The number of benzene rings is 1. The van der Waals surface area contributed by atoms with Crippen LogP contribution in [0.15, 0.2) is 42.6 Å². The molecule has 0 amide bonds. The lowest BCUT2D eigenvalue weighted by Gasteiger charge is -2.19. The molecule has 1 aromatic heterocycles. The Kier molecular flexibility index (Phi) is 4.40. The van der Waals surface area contributed by atoms with Crippen LogP contribution < -0.4 is 10.1 Å². The van der Waals surface area contributed by atoms with Crippen molar-refractivity contribution in [3.63, 3.8) is 0 Å². The highest BCUT2D eigenvalue weighted by molar-refractivity contribution is 5.34. The van der Waals surface area contributed by atoms with Crippen molar-refractivity contribution in [1.29, 1.82) is 0 Å². The Bertz CT molecular complexity index is 556. The van der Waals surface area contributed by atoms with Crippen LogP contribution in [0.5, 0.6) is 11.6 Å². The van der Waals surface area contributed by atoms with Gasteiger partial charge in [0.1, 0.15) is 5.75 Å². The summed E-state index contributed by atoms with van der Waals surface area (Å²) in [6.07, 6.45) is 1.77. The van der Waals surface area contributed by atoms with Crippen molar-refractivity contribution >= 4 is 0 Å². The van der Waals surface area contributed by atoms with Crippen LogP contribution in [0.2, 0.25) is 0 Å². The first kappa shape index (κ1) is 14.5. The third-order valence-electron chi connectivity index (χ3n) is 3.12. The smallest absolute Gasteiger partial charge is 0.219 e. The molecule has 2 aromatic rings. The molecule has 0 saturated carbocycles. The second-order valence-electron chi connectivity index (χ2n) is 5.91. The third-order valence-corrected chi connectivity index (χ3v) is 3.12. The van der Waals surface area contributed by atoms with Gasteiger partial charge in [-0.2, -0.15) is 0 Å². The van der Waals surface area contributed by atoms with Crippen molar-refractivity contribution in [3.8, 4) is 11.6 Å². The molecule has 1 aromatic carbocycles. The van der Waals surface area contributed by atoms with E-state index in [1.807, 2.05) is 31.3 Å². The molecule has 0 aliphatic rings. The molecule has 3 nitrogen and oxygen atoms in total. The Hall–Kier alpha value is -1.87. The van der Waals surface area contributed by atoms with Crippen molar-refractivity contribution in [2.75, 3.05) is 7.05 Å². The maximum Gasteiger partial charge on any atom is 0.219 e. The van der Waals surface area contributed by atoms with Crippen molar-refractivity contribution < 1.29 is 4.74 Å². The zero-order chi connectivity index (χ0) is 14.6. The summed E-state index contributed by atoms with van der Waals surface area (Å²) < 4.78 is 5.79. The first-order valence-corrected chi connectivity index (χ1v) is 6.87. The average molecular weight is 270 g/mol. The molecular formula is C17H22N2O. The molecule has 0 saturated heterocycles. The van der Waals surface area contributed by atoms with Crippen LogP contribution in [-0.2, 0) is 12.0 Å². The van der Waals surface area contributed by atoms with Crippen molar-refractivity contribution in [1.82, 2.24) is 10.3 Å². The second kappa shape index (κ2) is 6.06. The molecule has 0 spiro atoms. The fraction of sp³-hybridized carbons (Fsp3) is 0.353. The van der Waals surface area contributed by atoms with E-state index in [9.17, 15) is 0 Å². The van der Waals surface area contributed by atoms with Gasteiger partial charge in [-0.1, -0.05) is 32.9 Å². The number of rotatable bonds is 4. The summed E-state index contributed by atoms with van der Waals surface area (Å²) >= 11 is 0. The maximum atomic E-state index is 5.79. The van der Waals surface area contributed by atoms with Gasteiger partial charge in [0.15, 0.2) is 0 Å². The van der Waals surface area contributed by atoms with E-state index in [2.05, 4.69) is 43.2 Å². The van der Waals surface area contributed by atoms with E-state index in [0.29, 0.717) is 5.88 Å². The first-order valence-electron chi connectivity index (χ1n) is 6.87. The van der Waals surface area contributed by atoms with Gasteiger partial charge in [0.05, 0.1) is 0 Å². The Morgan fingerprint density at radius 2 is 1.80 bits per heavy atom. The van der Waals surface area contributed by atoms with Crippen LogP contribution in [0.1, 0.15) is 31.9 Å². The first-order chi connectivity index (χ1) is 9.49. The molecule has 0 radical (unpaired) electrons. The molecule has 0 unspecified atom stereocenters. The lowest BCUT2D eigenvalue weighted by atomic mass is 9.87. The third kappa shape index (κ3) is 3.81. The van der Waals surface area contributed by atoms with Crippen LogP contribution in [0.3, 0.4) is 0 Å². The second-order valence-corrected chi connectivity index (χ2v) is 5.91. The normalized spacial score (nSPS) is 11.4. The zero-order valence-corrected chi connectivity index (χ0v) is 12.6. The van der Waals surface area contributed by atoms with E-state index in [1.165, 1.54) is 5.56 Å². The predicted octanol–water partition coefficient (Wildman–Crippen LogP) is 3.89. The van der Waals surface area contributed by atoms with Crippen LogP contribution in [0.25, 0.3) is 0 Å². The number of nitrogens with zero attached hydrogens (tertiary/aromatic N) is 1. The summed E-state index contributed by atoms with van der Waals surface area (Å²) in [6.45, 7) is 7.41. The molecule has 1 N–H and O–H groups in total. The van der Waals surface area contributed by atoms with Gasteiger partial charge in [-0.15, -0.1) is 0 Å². The van der Waals surface area contributed by atoms with E-state index in [0.717, 1.165) is 17.9 Å². The Balaban J connectivity index is 2.12.